The lowest BCUT2D eigenvalue weighted by Gasteiger charge is -2.16. The zero-order valence-corrected chi connectivity index (χ0v) is 11.6. The van der Waals surface area contributed by atoms with Gasteiger partial charge in [-0.2, -0.15) is 0 Å². The summed E-state index contributed by atoms with van der Waals surface area (Å²) in [5.41, 5.74) is 0.250. The number of hydrogen-bond donors (Lipinski definition) is 1. The van der Waals surface area contributed by atoms with E-state index in [0.29, 0.717) is 6.54 Å². The topological polar surface area (TPSA) is 70.5 Å². The summed E-state index contributed by atoms with van der Waals surface area (Å²) in [5, 5.41) is 9.44. The summed E-state index contributed by atoms with van der Waals surface area (Å²) in [6.07, 6.45) is 1.31. The molecule has 2 heterocycles. The molecule has 1 amide bonds. The highest BCUT2D eigenvalue weighted by Gasteiger charge is 2.37. The number of rotatable bonds is 2. The number of hydrogen-bond acceptors (Lipinski definition) is 3. The number of carbonyl (C=O) groups is 2. The van der Waals surface area contributed by atoms with Gasteiger partial charge in [-0.3, -0.25) is 9.59 Å². The summed E-state index contributed by atoms with van der Waals surface area (Å²) in [4.78, 5) is 28.6. The maximum absolute atomic E-state index is 12.3. The van der Waals surface area contributed by atoms with Gasteiger partial charge in [-0.1, -0.05) is 30.1 Å². The predicted molar refractivity (Wildman–Crippen MR) is 70.5 cm³/mol. The van der Waals surface area contributed by atoms with Gasteiger partial charge < -0.3 is 10.0 Å². The fourth-order valence-corrected chi connectivity index (χ4v) is 2.54. The smallest absolute Gasteiger partial charge is 0.308 e. The molecule has 0 aliphatic carbocycles. The van der Waals surface area contributed by atoms with Crippen LogP contribution < -0.4 is 0 Å². The zero-order valence-electron chi connectivity index (χ0n) is 10.1. The summed E-state index contributed by atoms with van der Waals surface area (Å²) in [6, 6.07) is 1.39. The highest BCUT2D eigenvalue weighted by atomic mass is 35.5. The third-order valence-corrected chi connectivity index (χ3v) is 3.78. The van der Waals surface area contributed by atoms with Crippen LogP contribution in [-0.2, 0) is 4.79 Å². The summed E-state index contributed by atoms with van der Waals surface area (Å²) in [5.74, 6) is -1.83. The Bertz CT molecular complexity index is 536. The van der Waals surface area contributed by atoms with Crippen LogP contribution in [0.2, 0.25) is 10.2 Å². The zero-order chi connectivity index (χ0) is 14.2. The Morgan fingerprint density at radius 1 is 1.42 bits per heavy atom. The number of carbonyl (C=O) groups excluding carboxylic acids is 1. The second-order valence-corrected chi connectivity index (χ2v) is 5.41. The molecule has 0 unspecified atom stereocenters. The first-order chi connectivity index (χ1) is 8.90. The maximum atomic E-state index is 12.3. The third-order valence-electron chi connectivity index (χ3n) is 3.27. The summed E-state index contributed by atoms with van der Waals surface area (Å²) in [6.45, 7) is 2.39. The molecule has 2 atom stereocenters. The molecule has 2 rings (SSSR count). The third kappa shape index (κ3) is 2.82. The number of pyridine rings is 1. The van der Waals surface area contributed by atoms with Crippen LogP contribution in [0.3, 0.4) is 0 Å². The van der Waals surface area contributed by atoms with Crippen molar-refractivity contribution in [3.63, 3.8) is 0 Å². The molecule has 1 N–H and O–H groups in total. The van der Waals surface area contributed by atoms with E-state index in [9.17, 15) is 9.59 Å². The number of aliphatic carboxylic acids is 1. The molecule has 1 aliphatic heterocycles. The molecular weight excluding hydrogens is 291 g/mol. The molecule has 1 fully saturated rings. The van der Waals surface area contributed by atoms with Crippen LogP contribution in [0.5, 0.6) is 0 Å². The first-order valence-electron chi connectivity index (χ1n) is 5.73. The summed E-state index contributed by atoms with van der Waals surface area (Å²) >= 11 is 11.7. The van der Waals surface area contributed by atoms with Gasteiger partial charge in [0.05, 0.1) is 16.5 Å². The molecular formula is C12H12Cl2N2O3. The molecule has 1 aliphatic rings. The van der Waals surface area contributed by atoms with Crippen molar-refractivity contribution in [2.45, 2.75) is 6.92 Å². The Hall–Kier alpha value is -1.33. The molecule has 1 saturated heterocycles. The number of likely N-dealkylation sites (tertiary alicyclic amines) is 1. The summed E-state index contributed by atoms with van der Waals surface area (Å²) < 4.78 is 0. The lowest BCUT2D eigenvalue weighted by atomic mass is 9.99. The summed E-state index contributed by atoms with van der Waals surface area (Å²) in [7, 11) is 0. The van der Waals surface area contributed by atoms with E-state index in [0.717, 1.165) is 0 Å². The molecule has 0 radical (unpaired) electrons. The van der Waals surface area contributed by atoms with Gasteiger partial charge in [-0.15, -0.1) is 0 Å². The molecule has 0 aromatic carbocycles. The number of carboxylic acids is 1. The van der Waals surface area contributed by atoms with Gasteiger partial charge in [0.25, 0.3) is 5.91 Å². The number of amides is 1. The van der Waals surface area contributed by atoms with Crippen molar-refractivity contribution in [3.05, 3.63) is 28.0 Å². The van der Waals surface area contributed by atoms with Crippen molar-refractivity contribution >= 4 is 35.1 Å². The molecule has 5 nitrogen and oxygen atoms in total. The Balaban J connectivity index is 2.22. The Morgan fingerprint density at radius 3 is 2.68 bits per heavy atom. The van der Waals surface area contributed by atoms with E-state index in [1.807, 2.05) is 6.92 Å². The highest BCUT2D eigenvalue weighted by Crippen LogP contribution is 2.27. The Labute approximate surface area is 120 Å². The fraction of sp³-hybridized carbons (Fsp3) is 0.417. The van der Waals surface area contributed by atoms with E-state index in [-0.39, 0.29) is 34.1 Å². The average molecular weight is 303 g/mol. The minimum atomic E-state index is -0.887. The van der Waals surface area contributed by atoms with Gasteiger partial charge in [0.15, 0.2) is 0 Å². The van der Waals surface area contributed by atoms with Crippen molar-refractivity contribution in [1.82, 2.24) is 9.88 Å². The van der Waals surface area contributed by atoms with Crippen LogP contribution in [-0.4, -0.2) is 40.0 Å². The standard InChI is InChI=1S/C12H12Cl2N2O3/c1-6-4-16(5-8(6)12(18)19)11(17)7-2-10(14)15-3-9(7)13/h2-3,6,8H,4-5H2,1H3,(H,18,19)/t6-,8-/m1/s1. The lowest BCUT2D eigenvalue weighted by molar-refractivity contribution is -0.142. The van der Waals surface area contributed by atoms with Gasteiger partial charge in [0.1, 0.15) is 5.15 Å². The molecule has 0 spiro atoms. The monoisotopic (exact) mass is 302 g/mol. The van der Waals surface area contributed by atoms with Crippen LogP contribution in [0.4, 0.5) is 0 Å². The minimum Gasteiger partial charge on any atom is -0.481 e. The molecule has 19 heavy (non-hydrogen) atoms. The van der Waals surface area contributed by atoms with Crippen molar-refractivity contribution in [1.29, 1.82) is 0 Å². The quantitative estimate of drug-likeness (QED) is 0.850. The van der Waals surface area contributed by atoms with E-state index < -0.39 is 11.9 Å². The molecule has 1 aromatic heterocycles. The SMILES string of the molecule is C[C@@H]1CN(C(=O)c2cc(Cl)ncc2Cl)C[C@H]1C(=O)O. The minimum absolute atomic E-state index is 0.0856. The second kappa shape index (κ2) is 5.35. The Kier molecular flexibility index (Phi) is 3.96. The van der Waals surface area contributed by atoms with Crippen LogP contribution in [0.15, 0.2) is 12.3 Å². The van der Waals surface area contributed by atoms with Crippen LogP contribution in [0.25, 0.3) is 0 Å². The largest absolute Gasteiger partial charge is 0.481 e. The normalized spacial score (nSPS) is 22.6. The van der Waals surface area contributed by atoms with Gasteiger partial charge in [0.2, 0.25) is 0 Å². The van der Waals surface area contributed by atoms with Gasteiger partial charge in [-0.05, 0) is 12.0 Å². The first kappa shape index (κ1) is 14.1. The number of aromatic nitrogens is 1. The van der Waals surface area contributed by atoms with Crippen molar-refractivity contribution in [2.75, 3.05) is 13.1 Å². The van der Waals surface area contributed by atoms with E-state index in [1.165, 1.54) is 17.2 Å². The maximum Gasteiger partial charge on any atom is 0.308 e. The van der Waals surface area contributed by atoms with E-state index >= 15 is 0 Å². The van der Waals surface area contributed by atoms with E-state index in [1.54, 1.807) is 0 Å². The molecule has 0 bridgehead atoms. The Morgan fingerprint density at radius 2 is 2.11 bits per heavy atom. The fourth-order valence-electron chi connectivity index (χ4n) is 2.20. The lowest BCUT2D eigenvalue weighted by Crippen LogP contribution is -2.30. The molecule has 1 aromatic rings. The van der Waals surface area contributed by atoms with Crippen LogP contribution in [0, 0.1) is 11.8 Å². The number of halogens is 2. The highest BCUT2D eigenvalue weighted by molar-refractivity contribution is 6.35. The second-order valence-electron chi connectivity index (χ2n) is 4.62. The number of nitrogens with zero attached hydrogens (tertiary/aromatic N) is 2. The molecule has 0 saturated carbocycles. The van der Waals surface area contributed by atoms with Gasteiger partial charge in [-0.25, -0.2) is 4.98 Å². The van der Waals surface area contributed by atoms with Crippen molar-refractivity contribution < 1.29 is 14.7 Å². The predicted octanol–water partition coefficient (Wildman–Crippen LogP) is 2.18. The number of carboxylic acid groups (broad SMARTS) is 1. The van der Waals surface area contributed by atoms with Crippen molar-refractivity contribution in [3.8, 4) is 0 Å². The average Bonchev–Trinajstić information content (AvgIpc) is 2.74. The van der Waals surface area contributed by atoms with Crippen LogP contribution >= 0.6 is 23.2 Å². The van der Waals surface area contributed by atoms with Crippen molar-refractivity contribution in [2.24, 2.45) is 11.8 Å². The van der Waals surface area contributed by atoms with Gasteiger partial charge in [0, 0.05) is 19.3 Å². The van der Waals surface area contributed by atoms with Gasteiger partial charge >= 0.3 is 5.97 Å². The van der Waals surface area contributed by atoms with Crippen LogP contribution in [0.1, 0.15) is 17.3 Å². The molecule has 7 heteroatoms. The molecule has 102 valence electrons. The first-order valence-corrected chi connectivity index (χ1v) is 6.49. The van der Waals surface area contributed by atoms with E-state index in [4.69, 9.17) is 28.3 Å². The van der Waals surface area contributed by atoms with E-state index in [2.05, 4.69) is 4.98 Å².